The van der Waals surface area contributed by atoms with E-state index < -0.39 is 6.36 Å². The molecular formula is C12H14F3NO2. The molecule has 0 aromatic heterocycles. The Morgan fingerprint density at radius 1 is 1.22 bits per heavy atom. The molecule has 1 aromatic carbocycles. The molecule has 100 valence electrons. The molecule has 0 atom stereocenters. The predicted octanol–water partition coefficient (Wildman–Crippen LogP) is 2.42. The monoisotopic (exact) mass is 261 g/mol. The van der Waals surface area contributed by atoms with E-state index in [1.165, 1.54) is 12.1 Å². The highest BCUT2D eigenvalue weighted by molar-refractivity contribution is 5.28. The number of alkyl halides is 3. The first-order valence-electron chi connectivity index (χ1n) is 5.68. The zero-order chi connectivity index (χ0) is 13.0. The Kier molecular flexibility index (Phi) is 4.08. The number of benzene rings is 1. The van der Waals surface area contributed by atoms with Gasteiger partial charge in [-0.25, -0.2) is 0 Å². The quantitative estimate of drug-likeness (QED) is 0.834. The second-order valence-corrected chi connectivity index (χ2v) is 4.08. The topological polar surface area (TPSA) is 21.7 Å². The molecular weight excluding hydrogens is 247 g/mol. The number of ether oxygens (including phenoxy) is 2. The van der Waals surface area contributed by atoms with Crippen molar-refractivity contribution < 1.29 is 22.6 Å². The van der Waals surface area contributed by atoms with Crippen molar-refractivity contribution in [2.45, 2.75) is 12.9 Å². The van der Waals surface area contributed by atoms with E-state index in [0.717, 1.165) is 18.7 Å². The lowest BCUT2D eigenvalue weighted by molar-refractivity contribution is -0.274. The van der Waals surface area contributed by atoms with Gasteiger partial charge in [0.1, 0.15) is 5.75 Å². The van der Waals surface area contributed by atoms with Gasteiger partial charge in [0.05, 0.1) is 13.2 Å². The number of rotatable bonds is 3. The lowest BCUT2D eigenvalue weighted by Crippen LogP contribution is -2.35. The minimum atomic E-state index is -4.64. The number of hydrogen-bond donors (Lipinski definition) is 0. The second-order valence-electron chi connectivity index (χ2n) is 4.08. The largest absolute Gasteiger partial charge is 0.573 e. The highest BCUT2D eigenvalue weighted by atomic mass is 19.4. The van der Waals surface area contributed by atoms with Gasteiger partial charge in [0.25, 0.3) is 0 Å². The van der Waals surface area contributed by atoms with E-state index in [0.29, 0.717) is 19.8 Å². The van der Waals surface area contributed by atoms with Crippen molar-refractivity contribution in [3.63, 3.8) is 0 Å². The van der Waals surface area contributed by atoms with E-state index in [2.05, 4.69) is 9.64 Å². The van der Waals surface area contributed by atoms with Crippen LogP contribution in [0.5, 0.6) is 5.75 Å². The summed E-state index contributed by atoms with van der Waals surface area (Å²) in [6.45, 7) is 3.53. The fraction of sp³-hybridized carbons (Fsp3) is 0.500. The zero-order valence-electron chi connectivity index (χ0n) is 9.74. The van der Waals surface area contributed by atoms with E-state index >= 15 is 0 Å². The first-order chi connectivity index (χ1) is 8.53. The van der Waals surface area contributed by atoms with Gasteiger partial charge in [-0.1, -0.05) is 12.1 Å². The maximum absolute atomic E-state index is 12.1. The maximum Gasteiger partial charge on any atom is 0.573 e. The van der Waals surface area contributed by atoms with Crippen molar-refractivity contribution in [1.82, 2.24) is 4.90 Å². The third-order valence-corrected chi connectivity index (χ3v) is 2.64. The summed E-state index contributed by atoms with van der Waals surface area (Å²) >= 11 is 0. The third kappa shape index (κ3) is 4.19. The zero-order valence-corrected chi connectivity index (χ0v) is 9.74. The minimum absolute atomic E-state index is 0.173. The van der Waals surface area contributed by atoms with E-state index in [1.54, 1.807) is 12.1 Å². The fourth-order valence-electron chi connectivity index (χ4n) is 1.86. The summed E-state index contributed by atoms with van der Waals surface area (Å²) in [5, 5.41) is 0. The van der Waals surface area contributed by atoms with Gasteiger partial charge >= 0.3 is 6.36 Å². The van der Waals surface area contributed by atoms with Gasteiger partial charge in [0.2, 0.25) is 0 Å². The van der Waals surface area contributed by atoms with Gasteiger partial charge < -0.3 is 9.47 Å². The number of morpholine rings is 1. The van der Waals surface area contributed by atoms with Crippen molar-refractivity contribution >= 4 is 0 Å². The third-order valence-electron chi connectivity index (χ3n) is 2.64. The normalized spacial score (nSPS) is 17.7. The summed E-state index contributed by atoms with van der Waals surface area (Å²) in [4.78, 5) is 2.14. The Labute approximate surface area is 103 Å². The molecule has 0 spiro atoms. The van der Waals surface area contributed by atoms with Crippen LogP contribution < -0.4 is 4.74 Å². The summed E-state index contributed by atoms with van der Waals surface area (Å²) in [5.41, 5.74) is 0.804. The lowest BCUT2D eigenvalue weighted by Gasteiger charge is -2.26. The van der Waals surface area contributed by atoms with E-state index in [4.69, 9.17) is 4.74 Å². The van der Waals surface area contributed by atoms with Crippen LogP contribution in [0.3, 0.4) is 0 Å². The van der Waals surface area contributed by atoms with Crippen LogP contribution in [0.2, 0.25) is 0 Å². The molecule has 0 bridgehead atoms. The summed E-state index contributed by atoms with van der Waals surface area (Å²) in [5.74, 6) is -0.173. The first-order valence-corrected chi connectivity index (χ1v) is 5.68. The van der Waals surface area contributed by atoms with Gasteiger partial charge in [0.15, 0.2) is 0 Å². The summed E-state index contributed by atoms with van der Waals surface area (Å²) in [6.07, 6.45) is -4.64. The Morgan fingerprint density at radius 3 is 2.61 bits per heavy atom. The van der Waals surface area contributed by atoms with Crippen molar-refractivity contribution in [3.8, 4) is 5.75 Å². The standard InChI is InChI=1S/C12H14F3NO2/c13-12(14,15)18-11-3-1-2-10(8-11)9-16-4-6-17-7-5-16/h1-3,8H,4-7,9H2. The average Bonchev–Trinajstić information content (AvgIpc) is 2.28. The highest BCUT2D eigenvalue weighted by Crippen LogP contribution is 2.23. The number of nitrogens with zero attached hydrogens (tertiary/aromatic N) is 1. The van der Waals surface area contributed by atoms with Crippen molar-refractivity contribution in [2.75, 3.05) is 26.3 Å². The molecule has 0 amide bonds. The molecule has 18 heavy (non-hydrogen) atoms. The SMILES string of the molecule is FC(F)(F)Oc1cccc(CN2CCOCC2)c1. The molecule has 6 heteroatoms. The fourth-order valence-corrected chi connectivity index (χ4v) is 1.86. The molecule has 0 unspecified atom stereocenters. The molecule has 0 saturated carbocycles. The number of halogens is 3. The van der Waals surface area contributed by atoms with Crippen LogP contribution >= 0.6 is 0 Å². The number of hydrogen-bond acceptors (Lipinski definition) is 3. The predicted molar refractivity (Wildman–Crippen MR) is 59.2 cm³/mol. The average molecular weight is 261 g/mol. The smallest absolute Gasteiger partial charge is 0.406 e. The molecule has 0 N–H and O–H groups in total. The van der Waals surface area contributed by atoms with E-state index in [1.807, 2.05) is 0 Å². The Bertz CT molecular complexity index is 389. The molecule has 0 aliphatic carbocycles. The van der Waals surface area contributed by atoms with Crippen LogP contribution in [0, 0.1) is 0 Å². The van der Waals surface area contributed by atoms with Crippen molar-refractivity contribution in [2.24, 2.45) is 0 Å². The Balaban J connectivity index is 1.98. The highest BCUT2D eigenvalue weighted by Gasteiger charge is 2.31. The summed E-state index contributed by atoms with van der Waals surface area (Å²) in [6, 6.07) is 6.08. The molecule has 1 saturated heterocycles. The molecule has 1 aliphatic rings. The van der Waals surface area contributed by atoms with E-state index in [9.17, 15) is 13.2 Å². The molecule has 2 rings (SSSR count). The molecule has 1 aromatic rings. The lowest BCUT2D eigenvalue weighted by atomic mass is 10.2. The van der Waals surface area contributed by atoms with Crippen molar-refractivity contribution in [3.05, 3.63) is 29.8 Å². The molecule has 1 fully saturated rings. The van der Waals surface area contributed by atoms with Crippen LogP contribution in [0.1, 0.15) is 5.56 Å². The summed E-state index contributed by atoms with van der Waals surface area (Å²) in [7, 11) is 0. The molecule has 0 radical (unpaired) electrons. The van der Waals surface area contributed by atoms with Crippen molar-refractivity contribution in [1.29, 1.82) is 0 Å². The van der Waals surface area contributed by atoms with Crippen LogP contribution in [-0.4, -0.2) is 37.6 Å². The van der Waals surface area contributed by atoms with Gasteiger partial charge in [-0.05, 0) is 17.7 Å². The Morgan fingerprint density at radius 2 is 1.94 bits per heavy atom. The van der Waals surface area contributed by atoms with Gasteiger partial charge in [-0.3, -0.25) is 4.90 Å². The van der Waals surface area contributed by atoms with Crippen LogP contribution in [0.4, 0.5) is 13.2 Å². The van der Waals surface area contributed by atoms with Gasteiger partial charge in [-0.2, -0.15) is 0 Å². The minimum Gasteiger partial charge on any atom is -0.406 e. The molecule has 3 nitrogen and oxygen atoms in total. The summed E-state index contributed by atoms with van der Waals surface area (Å²) < 4.78 is 45.3. The Hall–Kier alpha value is -1.27. The van der Waals surface area contributed by atoms with Gasteiger partial charge in [0, 0.05) is 19.6 Å². The molecule has 1 heterocycles. The van der Waals surface area contributed by atoms with Crippen LogP contribution in [0.15, 0.2) is 24.3 Å². The molecule has 1 aliphatic heterocycles. The maximum atomic E-state index is 12.1. The van der Waals surface area contributed by atoms with Gasteiger partial charge in [-0.15, -0.1) is 13.2 Å². The van der Waals surface area contributed by atoms with Crippen LogP contribution in [-0.2, 0) is 11.3 Å². The second kappa shape index (κ2) is 5.58. The first kappa shape index (κ1) is 13.2. The van der Waals surface area contributed by atoms with E-state index in [-0.39, 0.29) is 5.75 Å². The van der Waals surface area contributed by atoms with Crippen LogP contribution in [0.25, 0.3) is 0 Å².